The number of hydrogen-bond acceptors (Lipinski definition) is 3. The smallest absolute Gasteiger partial charge is 0.326 e. The number of aromatic hydroxyl groups is 1. The largest absolute Gasteiger partial charge is 0.508 e. The Morgan fingerprint density at radius 2 is 1.68 bits per heavy atom. The Kier molecular flexibility index (Phi) is 4.03. The van der Waals surface area contributed by atoms with Crippen molar-refractivity contribution in [1.29, 1.82) is 0 Å². The van der Waals surface area contributed by atoms with E-state index in [0.717, 1.165) is 5.56 Å². The van der Waals surface area contributed by atoms with E-state index in [-0.39, 0.29) is 5.75 Å². The maximum Gasteiger partial charge on any atom is 0.326 e. The van der Waals surface area contributed by atoms with Crippen molar-refractivity contribution in [2.75, 3.05) is 5.32 Å². The monoisotopic (exact) mass is 257 g/mol. The molecule has 1 unspecified atom stereocenters. The van der Waals surface area contributed by atoms with Gasteiger partial charge in [-0.1, -0.05) is 30.3 Å². The second-order valence-corrected chi connectivity index (χ2v) is 4.27. The van der Waals surface area contributed by atoms with Crippen molar-refractivity contribution in [2.24, 2.45) is 0 Å². The summed E-state index contributed by atoms with van der Waals surface area (Å²) in [7, 11) is 0. The molecule has 0 radical (unpaired) electrons. The summed E-state index contributed by atoms with van der Waals surface area (Å²) >= 11 is 0. The van der Waals surface area contributed by atoms with Crippen molar-refractivity contribution in [2.45, 2.75) is 12.5 Å². The molecule has 3 N–H and O–H groups in total. The molecule has 0 bridgehead atoms. The summed E-state index contributed by atoms with van der Waals surface area (Å²) in [6, 6.07) is 15.1. The van der Waals surface area contributed by atoms with Gasteiger partial charge in [-0.25, -0.2) is 4.79 Å². The van der Waals surface area contributed by atoms with E-state index >= 15 is 0 Å². The van der Waals surface area contributed by atoms with E-state index in [1.165, 1.54) is 12.1 Å². The molecule has 0 aromatic heterocycles. The van der Waals surface area contributed by atoms with Crippen molar-refractivity contribution >= 4 is 11.7 Å². The normalized spacial score (nSPS) is 11.8. The highest BCUT2D eigenvalue weighted by Gasteiger charge is 2.17. The van der Waals surface area contributed by atoms with Crippen LogP contribution < -0.4 is 5.32 Å². The van der Waals surface area contributed by atoms with Crippen LogP contribution in [0, 0.1) is 0 Å². The molecule has 0 aliphatic carbocycles. The lowest BCUT2D eigenvalue weighted by Crippen LogP contribution is -2.31. The van der Waals surface area contributed by atoms with Gasteiger partial charge in [0, 0.05) is 12.1 Å². The van der Waals surface area contributed by atoms with Gasteiger partial charge in [0.2, 0.25) is 0 Å². The minimum absolute atomic E-state index is 0.153. The molecule has 4 heteroatoms. The van der Waals surface area contributed by atoms with Crippen molar-refractivity contribution < 1.29 is 15.0 Å². The molecule has 0 saturated carbocycles. The summed E-state index contributed by atoms with van der Waals surface area (Å²) in [6.07, 6.45) is 0.400. The number of rotatable bonds is 5. The number of carboxylic acids is 1. The van der Waals surface area contributed by atoms with Crippen LogP contribution in [0.4, 0.5) is 5.69 Å². The molecule has 2 rings (SSSR count). The fourth-order valence-corrected chi connectivity index (χ4v) is 1.81. The van der Waals surface area contributed by atoms with Crippen LogP contribution in [0.15, 0.2) is 54.6 Å². The number of anilines is 1. The van der Waals surface area contributed by atoms with Crippen LogP contribution in [0.5, 0.6) is 5.75 Å². The number of hydrogen-bond donors (Lipinski definition) is 3. The summed E-state index contributed by atoms with van der Waals surface area (Å²) < 4.78 is 0. The Labute approximate surface area is 111 Å². The van der Waals surface area contributed by atoms with Gasteiger partial charge in [-0.2, -0.15) is 0 Å². The lowest BCUT2D eigenvalue weighted by atomic mass is 10.1. The zero-order valence-electron chi connectivity index (χ0n) is 10.3. The molecule has 2 aromatic carbocycles. The van der Waals surface area contributed by atoms with Gasteiger partial charge in [0.25, 0.3) is 0 Å². The summed E-state index contributed by atoms with van der Waals surface area (Å²) in [6.45, 7) is 0. The maximum absolute atomic E-state index is 11.3. The molecule has 0 saturated heterocycles. The van der Waals surface area contributed by atoms with Gasteiger partial charge >= 0.3 is 5.97 Å². The highest BCUT2D eigenvalue weighted by Crippen LogP contribution is 2.16. The molecule has 19 heavy (non-hydrogen) atoms. The average molecular weight is 257 g/mol. The predicted octanol–water partition coefficient (Wildman–Crippen LogP) is 2.50. The molecule has 2 aromatic rings. The molecule has 0 spiro atoms. The van der Waals surface area contributed by atoms with Gasteiger partial charge in [-0.15, -0.1) is 0 Å². The summed E-state index contributed by atoms with van der Waals surface area (Å²) in [4.78, 5) is 11.3. The van der Waals surface area contributed by atoms with Crippen LogP contribution in [-0.4, -0.2) is 22.2 Å². The fraction of sp³-hybridized carbons (Fsp3) is 0.133. The molecule has 0 amide bonds. The number of nitrogens with one attached hydrogen (secondary N) is 1. The van der Waals surface area contributed by atoms with E-state index in [1.807, 2.05) is 30.3 Å². The summed E-state index contributed by atoms with van der Waals surface area (Å²) in [5, 5.41) is 21.4. The van der Waals surface area contributed by atoms with Crippen LogP contribution in [0.2, 0.25) is 0 Å². The molecule has 0 aliphatic heterocycles. The third kappa shape index (κ3) is 3.74. The molecule has 1 atom stereocenters. The van der Waals surface area contributed by atoms with E-state index in [2.05, 4.69) is 5.32 Å². The molecular formula is C15H15NO3. The SMILES string of the molecule is O=C(O)C(Cc1ccccc1)Nc1ccc(O)cc1. The number of carboxylic acid groups (broad SMARTS) is 1. The number of aliphatic carboxylic acids is 1. The van der Waals surface area contributed by atoms with E-state index in [4.69, 9.17) is 0 Å². The highest BCUT2D eigenvalue weighted by molar-refractivity contribution is 5.77. The van der Waals surface area contributed by atoms with Crippen LogP contribution in [0.25, 0.3) is 0 Å². The molecule has 98 valence electrons. The fourth-order valence-electron chi connectivity index (χ4n) is 1.81. The Morgan fingerprint density at radius 3 is 2.26 bits per heavy atom. The maximum atomic E-state index is 11.3. The van der Waals surface area contributed by atoms with Crippen molar-refractivity contribution in [3.8, 4) is 5.75 Å². The minimum Gasteiger partial charge on any atom is -0.508 e. The molecule has 4 nitrogen and oxygen atoms in total. The van der Waals surface area contributed by atoms with Crippen LogP contribution in [-0.2, 0) is 11.2 Å². The third-order valence-electron chi connectivity index (χ3n) is 2.79. The van der Waals surface area contributed by atoms with Gasteiger partial charge in [0.05, 0.1) is 0 Å². The minimum atomic E-state index is -0.906. The summed E-state index contributed by atoms with van der Waals surface area (Å²) in [5.74, 6) is -0.752. The van der Waals surface area contributed by atoms with Gasteiger partial charge in [-0.05, 0) is 29.8 Å². The van der Waals surface area contributed by atoms with Crippen LogP contribution >= 0.6 is 0 Å². The second kappa shape index (κ2) is 5.91. The Bertz CT molecular complexity index is 537. The van der Waals surface area contributed by atoms with E-state index < -0.39 is 12.0 Å². The second-order valence-electron chi connectivity index (χ2n) is 4.27. The Morgan fingerprint density at radius 1 is 1.05 bits per heavy atom. The first kappa shape index (κ1) is 13.0. The Balaban J connectivity index is 2.08. The van der Waals surface area contributed by atoms with Gasteiger partial charge in [0.1, 0.15) is 11.8 Å². The number of benzene rings is 2. The first-order valence-corrected chi connectivity index (χ1v) is 5.97. The predicted molar refractivity (Wildman–Crippen MR) is 73.3 cm³/mol. The average Bonchev–Trinajstić information content (AvgIpc) is 2.41. The third-order valence-corrected chi connectivity index (χ3v) is 2.79. The quantitative estimate of drug-likeness (QED) is 0.720. The first-order valence-electron chi connectivity index (χ1n) is 5.97. The highest BCUT2D eigenvalue weighted by atomic mass is 16.4. The topological polar surface area (TPSA) is 69.6 Å². The van der Waals surface area contributed by atoms with Crippen molar-refractivity contribution in [1.82, 2.24) is 0 Å². The van der Waals surface area contributed by atoms with Crippen molar-refractivity contribution in [3.63, 3.8) is 0 Å². The van der Waals surface area contributed by atoms with Crippen molar-refractivity contribution in [3.05, 3.63) is 60.2 Å². The molecule has 0 fully saturated rings. The van der Waals surface area contributed by atoms with Crippen LogP contribution in [0.3, 0.4) is 0 Å². The van der Waals surface area contributed by atoms with E-state index in [1.54, 1.807) is 12.1 Å². The van der Waals surface area contributed by atoms with Gasteiger partial charge in [-0.3, -0.25) is 0 Å². The summed E-state index contributed by atoms with van der Waals surface area (Å²) in [5.41, 5.74) is 1.63. The van der Waals surface area contributed by atoms with E-state index in [9.17, 15) is 15.0 Å². The standard InChI is InChI=1S/C15H15NO3/c17-13-8-6-12(7-9-13)16-14(15(18)19)10-11-4-2-1-3-5-11/h1-9,14,16-17H,10H2,(H,18,19). The Hall–Kier alpha value is -2.49. The number of phenols is 1. The molecule has 0 heterocycles. The lowest BCUT2D eigenvalue weighted by Gasteiger charge is -2.15. The zero-order valence-corrected chi connectivity index (χ0v) is 10.3. The van der Waals surface area contributed by atoms with Crippen LogP contribution in [0.1, 0.15) is 5.56 Å². The zero-order chi connectivity index (χ0) is 13.7. The van der Waals surface area contributed by atoms with E-state index in [0.29, 0.717) is 12.1 Å². The molecule has 0 aliphatic rings. The number of carbonyl (C=O) groups is 1. The number of phenolic OH excluding ortho intramolecular Hbond substituents is 1. The van der Waals surface area contributed by atoms with Gasteiger partial charge in [0.15, 0.2) is 0 Å². The molecular weight excluding hydrogens is 242 g/mol. The first-order chi connectivity index (χ1) is 9.15. The van der Waals surface area contributed by atoms with Gasteiger partial charge < -0.3 is 15.5 Å². The lowest BCUT2D eigenvalue weighted by molar-refractivity contribution is -0.137.